The van der Waals surface area contributed by atoms with E-state index in [9.17, 15) is 13.2 Å². The number of esters is 1. The van der Waals surface area contributed by atoms with Gasteiger partial charge in [0.15, 0.2) is 0 Å². The molecule has 1 aliphatic rings. The van der Waals surface area contributed by atoms with Crippen LogP contribution in [0, 0.1) is 0 Å². The Bertz CT molecular complexity index is 658. The van der Waals surface area contributed by atoms with Gasteiger partial charge in [-0.05, 0) is 31.4 Å². The van der Waals surface area contributed by atoms with Gasteiger partial charge in [0.1, 0.15) is 0 Å². The van der Waals surface area contributed by atoms with Crippen molar-refractivity contribution in [3.05, 3.63) is 42.5 Å². The molecular formula is C17H24N2O4S. The SMILES string of the molecule is COC(=O)CCC/C=C\[C@@H]1C[C@@H](NS(=O)(=O)c2ccccc2)CN1. The third kappa shape index (κ3) is 5.74. The van der Waals surface area contributed by atoms with E-state index in [-0.39, 0.29) is 22.9 Å². The molecule has 2 atom stereocenters. The van der Waals surface area contributed by atoms with Crippen LogP contribution in [0.3, 0.4) is 0 Å². The van der Waals surface area contributed by atoms with Crippen LogP contribution in [0.2, 0.25) is 0 Å². The molecule has 2 N–H and O–H groups in total. The van der Waals surface area contributed by atoms with E-state index in [0.29, 0.717) is 19.4 Å². The summed E-state index contributed by atoms with van der Waals surface area (Å²) in [5.74, 6) is -0.197. The third-order valence-corrected chi connectivity index (χ3v) is 5.42. The molecule has 7 heteroatoms. The van der Waals surface area contributed by atoms with E-state index in [4.69, 9.17) is 0 Å². The summed E-state index contributed by atoms with van der Waals surface area (Å²) in [4.78, 5) is 11.3. The molecule has 132 valence electrons. The fourth-order valence-electron chi connectivity index (χ4n) is 2.62. The van der Waals surface area contributed by atoms with Gasteiger partial charge in [0.2, 0.25) is 10.0 Å². The molecule has 0 amide bonds. The quantitative estimate of drug-likeness (QED) is 0.422. The number of hydrogen-bond donors (Lipinski definition) is 2. The molecule has 6 nitrogen and oxygen atoms in total. The highest BCUT2D eigenvalue weighted by Gasteiger charge is 2.26. The van der Waals surface area contributed by atoms with Gasteiger partial charge < -0.3 is 10.1 Å². The molecule has 1 fully saturated rings. The highest BCUT2D eigenvalue weighted by molar-refractivity contribution is 7.89. The maximum absolute atomic E-state index is 12.3. The van der Waals surface area contributed by atoms with Crippen molar-refractivity contribution in [2.24, 2.45) is 0 Å². The lowest BCUT2D eigenvalue weighted by atomic mass is 10.1. The Morgan fingerprint density at radius 1 is 1.38 bits per heavy atom. The molecule has 1 heterocycles. The zero-order valence-corrected chi connectivity index (χ0v) is 14.6. The average Bonchev–Trinajstić information content (AvgIpc) is 3.01. The number of rotatable bonds is 8. The number of unbranched alkanes of at least 4 members (excludes halogenated alkanes) is 1. The fraction of sp³-hybridized carbons (Fsp3) is 0.471. The van der Waals surface area contributed by atoms with E-state index in [1.807, 2.05) is 12.2 Å². The minimum Gasteiger partial charge on any atom is -0.469 e. The zero-order valence-electron chi connectivity index (χ0n) is 13.8. The number of benzene rings is 1. The molecule has 0 spiro atoms. The Kier molecular flexibility index (Phi) is 6.96. The summed E-state index contributed by atoms with van der Waals surface area (Å²) in [6, 6.07) is 8.40. The molecule has 0 saturated carbocycles. The van der Waals surface area contributed by atoms with E-state index in [0.717, 1.165) is 12.8 Å². The molecular weight excluding hydrogens is 328 g/mol. The second-order valence-corrected chi connectivity index (χ2v) is 7.49. The van der Waals surface area contributed by atoms with Gasteiger partial charge in [-0.25, -0.2) is 13.1 Å². The van der Waals surface area contributed by atoms with Crippen LogP contribution < -0.4 is 10.0 Å². The molecule has 1 aliphatic heterocycles. The smallest absolute Gasteiger partial charge is 0.305 e. The van der Waals surface area contributed by atoms with Gasteiger partial charge in [0, 0.05) is 25.0 Å². The van der Waals surface area contributed by atoms with Crippen molar-refractivity contribution in [3.8, 4) is 0 Å². The number of allylic oxidation sites excluding steroid dienone is 1. The molecule has 0 radical (unpaired) electrons. The predicted molar refractivity (Wildman–Crippen MR) is 92.0 cm³/mol. The van der Waals surface area contributed by atoms with Crippen molar-refractivity contribution in [1.82, 2.24) is 10.0 Å². The van der Waals surface area contributed by atoms with E-state index >= 15 is 0 Å². The summed E-state index contributed by atoms with van der Waals surface area (Å²) in [6.45, 7) is 0.600. The summed E-state index contributed by atoms with van der Waals surface area (Å²) in [7, 11) is -2.09. The highest BCUT2D eigenvalue weighted by Crippen LogP contribution is 2.14. The Labute approximate surface area is 143 Å². The van der Waals surface area contributed by atoms with E-state index in [2.05, 4.69) is 14.8 Å². The lowest BCUT2D eigenvalue weighted by Crippen LogP contribution is -2.36. The number of hydrogen-bond acceptors (Lipinski definition) is 5. The van der Waals surface area contributed by atoms with Crippen molar-refractivity contribution >= 4 is 16.0 Å². The van der Waals surface area contributed by atoms with Gasteiger partial charge >= 0.3 is 5.97 Å². The normalized spacial score (nSPS) is 21.2. The van der Waals surface area contributed by atoms with Gasteiger partial charge in [-0.1, -0.05) is 30.4 Å². The molecule has 0 unspecified atom stereocenters. The van der Waals surface area contributed by atoms with E-state index in [1.165, 1.54) is 7.11 Å². The lowest BCUT2D eigenvalue weighted by Gasteiger charge is -2.12. The van der Waals surface area contributed by atoms with Gasteiger partial charge in [-0.3, -0.25) is 4.79 Å². The monoisotopic (exact) mass is 352 g/mol. The van der Waals surface area contributed by atoms with Crippen LogP contribution in [0.15, 0.2) is 47.4 Å². The number of nitrogens with one attached hydrogen (secondary N) is 2. The molecule has 1 aromatic rings. The van der Waals surface area contributed by atoms with Crippen molar-refractivity contribution in [3.63, 3.8) is 0 Å². The number of sulfonamides is 1. The Hall–Kier alpha value is -1.70. The summed E-state index contributed by atoms with van der Waals surface area (Å²) in [5.41, 5.74) is 0. The zero-order chi connectivity index (χ0) is 17.4. The van der Waals surface area contributed by atoms with Crippen molar-refractivity contribution < 1.29 is 17.9 Å². The van der Waals surface area contributed by atoms with E-state index < -0.39 is 10.0 Å². The fourth-order valence-corrected chi connectivity index (χ4v) is 3.89. The van der Waals surface area contributed by atoms with Crippen LogP contribution in [0.25, 0.3) is 0 Å². The van der Waals surface area contributed by atoms with Crippen molar-refractivity contribution in [2.45, 2.75) is 42.7 Å². The standard InChI is InChI=1S/C17H24N2O4S/c1-23-17(20)11-7-2-4-8-14-12-15(13-18-14)19-24(21,22)16-9-5-3-6-10-16/h3-6,8-10,14-15,18-19H,2,7,11-13H2,1H3/b8-4-/t14-,15-/m1/s1. The lowest BCUT2D eigenvalue weighted by molar-refractivity contribution is -0.140. The third-order valence-electron chi connectivity index (χ3n) is 3.89. The first-order valence-electron chi connectivity index (χ1n) is 8.05. The Morgan fingerprint density at radius 3 is 2.83 bits per heavy atom. The number of carbonyl (C=O) groups is 1. The summed E-state index contributed by atoms with van der Waals surface area (Å²) < 4.78 is 31.9. The molecule has 1 saturated heterocycles. The first-order valence-corrected chi connectivity index (χ1v) is 9.54. The maximum atomic E-state index is 12.3. The average molecular weight is 352 g/mol. The Morgan fingerprint density at radius 2 is 2.12 bits per heavy atom. The summed E-state index contributed by atoms with van der Waals surface area (Å²) in [6.07, 6.45) is 6.73. The first-order chi connectivity index (χ1) is 11.5. The van der Waals surface area contributed by atoms with Crippen molar-refractivity contribution in [2.75, 3.05) is 13.7 Å². The summed E-state index contributed by atoms with van der Waals surface area (Å²) in [5, 5.41) is 3.29. The van der Waals surface area contributed by atoms with Gasteiger partial charge in [0.05, 0.1) is 12.0 Å². The largest absolute Gasteiger partial charge is 0.469 e. The van der Waals surface area contributed by atoms with Crippen LogP contribution in [-0.2, 0) is 19.6 Å². The predicted octanol–water partition coefficient (Wildman–Crippen LogP) is 1.59. The molecule has 2 rings (SSSR count). The molecule has 0 aliphatic carbocycles. The Balaban J connectivity index is 1.76. The highest BCUT2D eigenvalue weighted by atomic mass is 32.2. The molecule has 1 aromatic carbocycles. The van der Waals surface area contributed by atoms with E-state index in [1.54, 1.807) is 30.3 Å². The van der Waals surface area contributed by atoms with Crippen LogP contribution in [0.4, 0.5) is 0 Å². The summed E-state index contributed by atoms with van der Waals surface area (Å²) >= 11 is 0. The van der Waals surface area contributed by atoms with Crippen LogP contribution >= 0.6 is 0 Å². The molecule has 0 bridgehead atoms. The van der Waals surface area contributed by atoms with Crippen LogP contribution in [-0.4, -0.2) is 40.1 Å². The molecule has 0 aromatic heterocycles. The second kappa shape index (κ2) is 8.96. The first kappa shape index (κ1) is 18.6. The number of carbonyl (C=O) groups excluding carboxylic acids is 1. The van der Waals surface area contributed by atoms with Crippen molar-refractivity contribution in [1.29, 1.82) is 0 Å². The minimum atomic E-state index is -3.47. The number of methoxy groups -OCH3 is 1. The second-order valence-electron chi connectivity index (χ2n) is 5.78. The minimum absolute atomic E-state index is 0.125. The van der Waals surface area contributed by atoms with Crippen LogP contribution in [0.5, 0.6) is 0 Å². The topological polar surface area (TPSA) is 84.5 Å². The van der Waals surface area contributed by atoms with Gasteiger partial charge in [-0.15, -0.1) is 0 Å². The molecule has 24 heavy (non-hydrogen) atoms. The van der Waals surface area contributed by atoms with Gasteiger partial charge in [-0.2, -0.15) is 0 Å². The van der Waals surface area contributed by atoms with Gasteiger partial charge in [0.25, 0.3) is 0 Å². The number of ether oxygens (including phenoxy) is 1. The maximum Gasteiger partial charge on any atom is 0.305 e. The van der Waals surface area contributed by atoms with Crippen LogP contribution in [0.1, 0.15) is 25.7 Å².